The molecule has 1 aromatic carbocycles. The van der Waals surface area contributed by atoms with Gasteiger partial charge in [-0.05, 0) is 25.0 Å². The van der Waals surface area contributed by atoms with Crippen LogP contribution in [0.5, 0.6) is 0 Å². The molecule has 1 atom stereocenters. The van der Waals surface area contributed by atoms with E-state index in [1.807, 2.05) is 41.3 Å². The molecule has 1 aliphatic rings. The van der Waals surface area contributed by atoms with Crippen molar-refractivity contribution < 1.29 is 9.32 Å². The second-order valence-electron chi connectivity index (χ2n) is 6.85. The number of hydrogen-bond acceptors (Lipinski definition) is 5. The number of likely N-dealkylation sites (tertiary alicyclic amines) is 1. The number of carbonyl (C=O) groups is 1. The molecule has 26 heavy (non-hydrogen) atoms. The Morgan fingerprint density at radius 2 is 2.08 bits per heavy atom. The van der Waals surface area contributed by atoms with E-state index in [-0.39, 0.29) is 17.9 Å². The van der Waals surface area contributed by atoms with Crippen LogP contribution in [0.2, 0.25) is 0 Å². The van der Waals surface area contributed by atoms with Gasteiger partial charge in [-0.3, -0.25) is 4.79 Å². The fourth-order valence-electron chi connectivity index (χ4n) is 3.27. The predicted molar refractivity (Wildman–Crippen MR) is 95.0 cm³/mol. The Morgan fingerprint density at radius 1 is 1.27 bits per heavy atom. The van der Waals surface area contributed by atoms with Crippen molar-refractivity contribution in [3.63, 3.8) is 0 Å². The molecule has 1 fully saturated rings. The highest BCUT2D eigenvalue weighted by Gasteiger charge is 2.34. The topological polar surface area (TPSA) is 77.1 Å². The first kappa shape index (κ1) is 16.5. The highest BCUT2D eigenvalue weighted by molar-refractivity contribution is 5.92. The van der Waals surface area contributed by atoms with Gasteiger partial charge in [0.2, 0.25) is 0 Å². The minimum absolute atomic E-state index is 0.0689. The summed E-state index contributed by atoms with van der Waals surface area (Å²) in [5.41, 5.74) is 2.03. The van der Waals surface area contributed by atoms with E-state index in [1.54, 1.807) is 10.9 Å². The fraction of sp³-hybridized carbons (Fsp3) is 0.368. The number of aromatic nitrogens is 4. The van der Waals surface area contributed by atoms with Crippen LogP contribution < -0.4 is 0 Å². The monoisotopic (exact) mass is 351 g/mol. The minimum Gasteiger partial charge on any atom is -0.361 e. The molecule has 0 radical (unpaired) electrons. The van der Waals surface area contributed by atoms with Crippen LogP contribution >= 0.6 is 0 Å². The Morgan fingerprint density at radius 3 is 2.81 bits per heavy atom. The van der Waals surface area contributed by atoms with Crippen LogP contribution in [-0.2, 0) is 0 Å². The minimum atomic E-state index is -0.122. The molecule has 1 amide bonds. The molecule has 0 saturated carbocycles. The smallest absolute Gasteiger partial charge is 0.276 e. The third-order valence-corrected chi connectivity index (χ3v) is 4.70. The molecule has 0 aliphatic carbocycles. The first-order valence-electron chi connectivity index (χ1n) is 8.88. The maximum absolute atomic E-state index is 13.0. The summed E-state index contributed by atoms with van der Waals surface area (Å²) in [7, 11) is 0. The quantitative estimate of drug-likeness (QED) is 0.720. The van der Waals surface area contributed by atoms with Gasteiger partial charge >= 0.3 is 0 Å². The van der Waals surface area contributed by atoms with E-state index in [9.17, 15) is 4.79 Å². The molecule has 2 aromatic heterocycles. The molecular weight excluding hydrogens is 330 g/mol. The SMILES string of the molecule is CC(C)c1cc([C@@H]2CCCN2C(=O)c2cn(-c3ccccc3)nn2)no1. The molecule has 0 spiro atoms. The van der Waals surface area contributed by atoms with Crippen molar-refractivity contribution in [3.05, 3.63) is 59.7 Å². The summed E-state index contributed by atoms with van der Waals surface area (Å²) in [4.78, 5) is 14.8. The Labute approximate surface area is 151 Å². The lowest BCUT2D eigenvalue weighted by molar-refractivity contribution is 0.0724. The van der Waals surface area contributed by atoms with Gasteiger partial charge in [-0.1, -0.05) is 42.4 Å². The van der Waals surface area contributed by atoms with Gasteiger partial charge in [-0.25, -0.2) is 4.68 Å². The molecule has 0 unspecified atom stereocenters. The van der Waals surface area contributed by atoms with Gasteiger partial charge in [-0.2, -0.15) is 0 Å². The maximum Gasteiger partial charge on any atom is 0.276 e. The van der Waals surface area contributed by atoms with Crippen LogP contribution in [0.15, 0.2) is 47.1 Å². The third kappa shape index (κ3) is 3.00. The number of rotatable bonds is 4. The van der Waals surface area contributed by atoms with Crippen molar-refractivity contribution in [3.8, 4) is 5.69 Å². The zero-order valence-corrected chi connectivity index (χ0v) is 14.9. The van der Waals surface area contributed by atoms with E-state index in [4.69, 9.17) is 4.52 Å². The van der Waals surface area contributed by atoms with E-state index < -0.39 is 0 Å². The van der Waals surface area contributed by atoms with Crippen molar-refractivity contribution >= 4 is 5.91 Å². The van der Waals surface area contributed by atoms with Crippen molar-refractivity contribution in [2.45, 2.75) is 38.6 Å². The molecule has 4 rings (SSSR count). The van der Waals surface area contributed by atoms with E-state index in [1.165, 1.54) is 0 Å². The molecule has 0 N–H and O–H groups in total. The second kappa shape index (κ2) is 6.74. The first-order chi connectivity index (χ1) is 12.6. The van der Waals surface area contributed by atoms with E-state index in [0.717, 1.165) is 30.0 Å². The average Bonchev–Trinajstić information content (AvgIpc) is 3.41. The zero-order chi connectivity index (χ0) is 18.1. The van der Waals surface area contributed by atoms with Gasteiger partial charge in [0, 0.05) is 18.5 Å². The van der Waals surface area contributed by atoms with Crippen molar-refractivity contribution in [2.75, 3.05) is 6.54 Å². The summed E-state index contributed by atoms with van der Waals surface area (Å²) in [5, 5.41) is 12.4. The summed E-state index contributed by atoms with van der Waals surface area (Å²) in [6.45, 7) is 4.80. The molecule has 134 valence electrons. The van der Waals surface area contributed by atoms with Gasteiger partial charge in [-0.15, -0.1) is 5.10 Å². The number of para-hydroxylation sites is 1. The van der Waals surface area contributed by atoms with Gasteiger partial charge in [0.25, 0.3) is 5.91 Å². The van der Waals surface area contributed by atoms with Crippen molar-refractivity contribution in [2.24, 2.45) is 0 Å². The highest BCUT2D eigenvalue weighted by Crippen LogP contribution is 2.33. The van der Waals surface area contributed by atoms with Crippen LogP contribution in [0.1, 0.15) is 60.6 Å². The zero-order valence-electron chi connectivity index (χ0n) is 14.9. The molecule has 7 nitrogen and oxygen atoms in total. The van der Waals surface area contributed by atoms with Crippen molar-refractivity contribution in [1.82, 2.24) is 25.1 Å². The van der Waals surface area contributed by atoms with Crippen LogP contribution in [-0.4, -0.2) is 37.5 Å². The molecule has 7 heteroatoms. The summed E-state index contributed by atoms with van der Waals surface area (Å²) < 4.78 is 7.03. The van der Waals surface area contributed by atoms with Crippen molar-refractivity contribution in [1.29, 1.82) is 0 Å². The molecule has 1 saturated heterocycles. The number of benzene rings is 1. The number of hydrogen-bond donors (Lipinski definition) is 0. The molecule has 3 heterocycles. The number of nitrogens with zero attached hydrogens (tertiary/aromatic N) is 5. The van der Waals surface area contributed by atoms with Crippen LogP contribution in [0.4, 0.5) is 0 Å². The summed E-state index contributed by atoms with van der Waals surface area (Å²) in [6, 6.07) is 11.5. The normalized spacial score (nSPS) is 17.2. The van der Waals surface area contributed by atoms with Crippen LogP contribution in [0.3, 0.4) is 0 Å². The van der Waals surface area contributed by atoms with Gasteiger partial charge in [0.05, 0.1) is 17.9 Å². The van der Waals surface area contributed by atoms with Gasteiger partial charge < -0.3 is 9.42 Å². The van der Waals surface area contributed by atoms with Gasteiger partial charge in [0.15, 0.2) is 5.69 Å². The lowest BCUT2D eigenvalue weighted by Gasteiger charge is -2.21. The number of carbonyl (C=O) groups excluding carboxylic acids is 1. The lowest BCUT2D eigenvalue weighted by atomic mass is 10.1. The van der Waals surface area contributed by atoms with Crippen LogP contribution in [0, 0.1) is 0 Å². The Balaban J connectivity index is 1.56. The van der Waals surface area contributed by atoms with E-state index in [0.29, 0.717) is 12.2 Å². The molecule has 3 aromatic rings. The predicted octanol–water partition coefficient (Wildman–Crippen LogP) is 3.36. The molecule has 1 aliphatic heterocycles. The Kier molecular flexibility index (Phi) is 4.28. The molecule has 0 bridgehead atoms. The summed E-state index contributed by atoms with van der Waals surface area (Å²) in [6.07, 6.45) is 3.49. The number of amides is 1. The standard InChI is InChI=1S/C19H21N5O2/c1-13(2)18-11-15(21-26-18)17-9-6-10-23(17)19(25)16-12-24(22-20-16)14-7-4-3-5-8-14/h3-5,7-8,11-13,17H,6,9-10H2,1-2H3/t17-/m0/s1. The highest BCUT2D eigenvalue weighted by atomic mass is 16.5. The average molecular weight is 351 g/mol. The largest absolute Gasteiger partial charge is 0.361 e. The fourth-order valence-corrected chi connectivity index (χ4v) is 3.27. The maximum atomic E-state index is 13.0. The first-order valence-corrected chi connectivity index (χ1v) is 8.88. The Hall–Kier alpha value is -2.96. The Bertz CT molecular complexity index is 900. The third-order valence-electron chi connectivity index (χ3n) is 4.70. The lowest BCUT2D eigenvalue weighted by Crippen LogP contribution is -2.31. The summed E-state index contributed by atoms with van der Waals surface area (Å²) >= 11 is 0. The summed E-state index contributed by atoms with van der Waals surface area (Å²) in [5.74, 6) is 0.991. The second-order valence-corrected chi connectivity index (χ2v) is 6.85. The van der Waals surface area contributed by atoms with Crippen LogP contribution in [0.25, 0.3) is 5.69 Å². The molecular formula is C19H21N5O2. The van der Waals surface area contributed by atoms with Gasteiger partial charge in [0.1, 0.15) is 11.5 Å². The van der Waals surface area contributed by atoms with E-state index in [2.05, 4.69) is 29.3 Å². The van der Waals surface area contributed by atoms with E-state index >= 15 is 0 Å².